The summed E-state index contributed by atoms with van der Waals surface area (Å²) in [6.07, 6.45) is 7.37. The van der Waals surface area contributed by atoms with Gasteiger partial charge < -0.3 is 11.1 Å². The first-order valence-electron chi connectivity index (χ1n) is 8.08. The number of amides is 1. The van der Waals surface area contributed by atoms with Crippen molar-refractivity contribution in [3.63, 3.8) is 0 Å². The summed E-state index contributed by atoms with van der Waals surface area (Å²) in [5.41, 5.74) is 6.01. The Morgan fingerprint density at radius 3 is 2.11 bits per heavy atom. The Labute approximate surface area is 116 Å². The normalized spacial score (nSPS) is 41.6. The number of nitrogens with one attached hydrogen (secondary N) is 1. The minimum absolute atomic E-state index is 0.00293. The summed E-state index contributed by atoms with van der Waals surface area (Å²) in [4.78, 5) is 12.2. The van der Waals surface area contributed by atoms with Crippen LogP contribution in [0.25, 0.3) is 0 Å². The zero-order chi connectivity index (χ0) is 13.6. The molecule has 1 amide bonds. The van der Waals surface area contributed by atoms with Gasteiger partial charge in [0.15, 0.2) is 0 Å². The highest BCUT2D eigenvalue weighted by Gasteiger charge is 2.48. The molecule has 4 rings (SSSR count). The Balaban J connectivity index is 1.57. The molecule has 19 heavy (non-hydrogen) atoms. The maximum atomic E-state index is 12.2. The first kappa shape index (κ1) is 13.4. The van der Waals surface area contributed by atoms with Crippen molar-refractivity contribution in [3.05, 3.63) is 0 Å². The van der Waals surface area contributed by atoms with E-state index in [1.807, 2.05) is 0 Å². The van der Waals surface area contributed by atoms with E-state index in [4.69, 9.17) is 5.73 Å². The third-order valence-electron chi connectivity index (χ3n) is 5.83. The van der Waals surface area contributed by atoms with E-state index < -0.39 is 0 Å². The number of hydrogen-bond donors (Lipinski definition) is 2. The smallest absolute Gasteiger partial charge is 0.221 e. The number of carbonyl (C=O) groups is 1. The van der Waals surface area contributed by atoms with Gasteiger partial charge in [0.2, 0.25) is 5.91 Å². The summed E-state index contributed by atoms with van der Waals surface area (Å²) in [7, 11) is 0. The van der Waals surface area contributed by atoms with Crippen molar-refractivity contribution in [2.75, 3.05) is 0 Å². The highest BCUT2D eigenvalue weighted by molar-refractivity contribution is 5.77. The van der Waals surface area contributed by atoms with E-state index in [2.05, 4.69) is 19.2 Å². The van der Waals surface area contributed by atoms with E-state index in [-0.39, 0.29) is 11.9 Å². The molecule has 3 nitrogen and oxygen atoms in total. The fraction of sp³-hybridized carbons (Fsp3) is 0.938. The first-order valence-corrected chi connectivity index (χ1v) is 8.08. The zero-order valence-electron chi connectivity index (χ0n) is 12.3. The van der Waals surface area contributed by atoms with Crippen LogP contribution in [0.3, 0.4) is 0 Å². The summed E-state index contributed by atoms with van der Waals surface area (Å²) in [6.45, 7) is 4.17. The molecule has 1 unspecified atom stereocenters. The molecular weight excluding hydrogens is 236 g/mol. The van der Waals surface area contributed by atoms with E-state index >= 15 is 0 Å². The number of rotatable bonds is 4. The molecule has 0 aromatic carbocycles. The lowest BCUT2D eigenvalue weighted by Gasteiger charge is -2.54. The van der Waals surface area contributed by atoms with Gasteiger partial charge in [-0.25, -0.2) is 0 Å². The standard InChI is InChI=1S/C16H28N2O/c1-9(2)14(17)8-15(19)18-16-12-4-10-3-11(6-12)7-13(16)5-10/h9-14,16H,3-8,17H2,1-2H3,(H,18,19). The van der Waals surface area contributed by atoms with Gasteiger partial charge >= 0.3 is 0 Å². The van der Waals surface area contributed by atoms with E-state index in [1.54, 1.807) is 0 Å². The Morgan fingerprint density at radius 2 is 1.63 bits per heavy atom. The molecule has 4 bridgehead atoms. The van der Waals surface area contributed by atoms with Crippen LogP contribution in [0, 0.1) is 29.6 Å². The van der Waals surface area contributed by atoms with Crippen LogP contribution >= 0.6 is 0 Å². The van der Waals surface area contributed by atoms with E-state index in [1.165, 1.54) is 32.1 Å². The van der Waals surface area contributed by atoms with Gasteiger partial charge in [0.1, 0.15) is 0 Å². The van der Waals surface area contributed by atoms with E-state index in [0.29, 0.717) is 18.4 Å². The van der Waals surface area contributed by atoms with Crippen molar-refractivity contribution in [2.24, 2.45) is 35.3 Å². The van der Waals surface area contributed by atoms with Gasteiger partial charge in [-0.05, 0) is 61.7 Å². The van der Waals surface area contributed by atoms with Gasteiger partial charge in [-0.1, -0.05) is 13.8 Å². The summed E-state index contributed by atoms with van der Waals surface area (Å²) in [5, 5.41) is 3.33. The molecule has 4 fully saturated rings. The SMILES string of the molecule is CC(C)C(N)CC(=O)NC1C2CC3CC(C2)CC1C3. The van der Waals surface area contributed by atoms with Crippen LogP contribution < -0.4 is 11.1 Å². The van der Waals surface area contributed by atoms with Crippen LogP contribution in [-0.4, -0.2) is 18.0 Å². The van der Waals surface area contributed by atoms with Crippen LogP contribution in [0.4, 0.5) is 0 Å². The number of hydrogen-bond acceptors (Lipinski definition) is 2. The Morgan fingerprint density at radius 1 is 1.11 bits per heavy atom. The highest BCUT2D eigenvalue weighted by atomic mass is 16.1. The molecule has 0 aliphatic heterocycles. The van der Waals surface area contributed by atoms with Crippen molar-refractivity contribution in [3.8, 4) is 0 Å². The summed E-state index contributed by atoms with van der Waals surface area (Å²) < 4.78 is 0. The predicted molar refractivity (Wildman–Crippen MR) is 76.4 cm³/mol. The van der Waals surface area contributed by atoms with Gasteiger partial charge in [-0.3, -0.25) is 4.79 Å². The summed E-state index contributed by atoms with van der Waals surface area (Å²) in [6, 6.07) is 0.455. The molecule has 0 radical (unpaired) electrons. The lowest BCUT2D eigenvalue weighted by atomic mass is 9.54. The van der Waals surface area contributed by atoms with Gasteiger partial charge in [0.05, 0.1) is 0 Å². The van der Waals surface area contributed by atoms with Crippen LogP contribution in [0.5, 0.6) is 0 Å². The molecule has 4 aliphatic carbocycles. The van der Waals surface area contributed by atoms with Crippen LogP contribution in [0.1, 0.15) is 52.4 Å². The Bertz CT molecular complexity index is 325. The average Bonchev–Trinajstić information content (AvgIpc) is 2.32. The molecule has 3 N–H and O–H groups in total. The van der Waals surface area contributed by atoms with Gasteiger partial charge in [-0.15, -0.1) is 0 Å². The van der Waals surface area contributed by atoms with Crippen molar-refractivity contribution in [2.45, 2.75) is 64.5 Å². The van der Waals surface area contributed by atoms with Gasteiger partial charge in [0.25, 0.3) is 0 Å². The highest BCUT2D eigenvalue weighted by Crippen LogP contribution is 2.53. The minimum atomic E-state index is -0.00293. The quantitative estimate of drug-likeness (QED) is 0.818. The fourth-order valence-corrected chi connectivity index (χ4v) is 4.86. The van der Waals surface area contributed by atoms with Crippen molar-refractivity contribution < 1.29 is 4.79 Å². The van der Waals surface area contributed by atoms with Crippen molar-refractivity contribution >= 4 is 5.91 Å². The molecule has 0 spiro atoms. The number of nitrogens with two attached hydrogens (primary N) is 1. The molecule has 3 heteroatoms. The lowest BCUT2D eigenvalue weighted by Crippen LogP contribution is -2.56. The average molecular weight is 264 g/mol. The second kappa shape index (κ2) is 5.08. The zero-order valence-corrected chi connectivity index (χ0v) is 12.3. The molecule has 4 saturated carbocycles. The third kappa shape index (κ3) is 2.67. The van der Waals surface area contributed by atoms with Crippen LogP contribution in [0.15, 0.2) is 0 Å². The molecule has 0 saturated heterocycles. The van der Waals surface area contributed by atoms with Crippen LogP contribution in [0.2, 0.25) is 0 Å². The second-order valence-corrected chi connectivity index (χ2v) is 7.64. The van der Waals surface area contributed by atoms with Gasteiger partial charge in [0, 0.05) is 18.5 Å². The maximum Gasteiger partial charge on any atom is 0.221 e. The van der Waals surface area contributed by atoms with Crippen LogP contribution in [-0.2, 0) is 4.79 Å². The molecule has 4 aliphatic rings. The van der Waals surface area contributed by atoms with E-state index in [9.17, 15) is 4.79 Å². The second-order valence-electron chi connectivity index (χ2n) is 7.64. The Hall–Kier alpha value is -0.570. The third-order valence-corrected chi connectivity index (χ3v) is 5.83. The summed E-state index contributed by atoms with van der Waals surface area (Å²) in [5.74, 6) is 4.01. The minimum Gasteiger partial charge on any atom is -0.353 e. The molecular formula is C16H28N2O. The molecule has 1 atom stereocenters. The number of carbonyl (C=O) groups excluding carboxylic acids is 1. The van der Waals surface area contributed by atoms with Gasteiger partial charge in [-0.2, -0.15) is 0 Å². The largest absolute Gasteiger partial charge is 0.353 e. The van der Waals surface area contributed by atoms with Crippen molar-refractivity contribution in [1.29, 1.82) is 0 Å². The molecule has 0 aromatic heterocycles. The van der Waals surface area contributed by atoms with Crippen molar-refractivity contribution in [1.82, 2.24) is 5.32 Å². The monoisotopic (exact) mass is 264 g/mol. The molecule has 108 valence electrons. The molecule has 0 aromatic rings. The Kier molecular flexibility index (Phi) is 3.59. The topological polar surface area (TPSA) is 55.1 Å². The maximum absolute atomic E-state index is 12.2. The first-order chi connectivity index (χ1) is 9.02. The fourth-order valence-electron chi connectivity index (χ4n) is 4.86. The van der Waals surface area contributed by atoms with E-state index in [0.717, 1.165) is 23.7 Å². The summed E-state index contributed by atoms with van der Waals surface area (Å²) >= 11 is 0. The molecule has 0 heterocycles. The lowest BCUT2D eigenvalue weighted by molar-refractivity contribution is -0.125. The predicted octanol–water partition coefficient (Wildman–Crippen LogP) is 2.30.